The molecule has 3 aromatic heterocycles. The Balaban J connectivity index is 1.59. The number of hydrogen-bond donors (Lipinski definition) is 1. The first-order valence-corrected chi connectivity index (χ1v) is 9.68. The van der Waals surface area contributed by atoms with Crippen molar-refractivity contribution in [1.29, 1.82) is 0 Å². The summed E-state index contributed by atoms with van der Waals surface area (Å²) < 4.78 is 5.47. The maximum Gasteiger partial charge on any atom is 0.261 e. The molecule has 3 aromatic rings. The Morgan fingerprint density at radius 2 is 2.07 bits per heavy atom. The molecule has 0 atom stereocenters. The molecule has 0 bridgehead atoms. The zero-order valence-corrected chi connectivity index (χ0v) is 15.6. The van der Waals surface area contributed by atoms with Gasteiger partial charge in [0, 0.05) is 43.8 Å². The quantitative estimate of drug-likeness (QED) is 0.737. The Bertz CT molecular complexity index is 893. The molecule has 138 valence electrons. The van der Waals surface area contributed by atoms with E-state index in [-0.39, 0.29) is 5.91 Å². The molecule has 1 fully saturated rings. The molecule has 1 saturated heterocycles. The highest BCUT2D eigenvalue weighted by Crippen LogP contribution is 2.38. The number of anilines is 1. The predicted octanol–water partition coefficient (Wildman–Crippen LogP) is 2.97. The van der Waals surface area contributed by atoms with Crippen molar-refractivity contribution in [3.05, 3.63) is 65.4 Å². The van der Waals surface area contributed by atoms with Gasteiger partial charge in [0.2, 0.25) is 0 Å². The molecular weight excluding hydrogens is 360 g/mol. The van der Waals surface area contributed by atoms with Gasteiger partial charge >= 0.3 is 0 Å². The number of aromatic nitrogens is 2. The van der Waals surface area contributed by atoms with Gasteiger partial charge in [-0.3, -0.25) is 14.8 Å². The smallest absolute Gasteiger partial charge is 0.261 e. The lowest BCUT2D eigenvalue weighted by Crippen LogP contribution is -2.35. The van der Waals surface area contributed by atoms with Gasteiger partial charge in [-0.25, -0.2) is 0 Å². The van der Waals surface area contributed by atoms with Crippen molar-refractivity contribution in [3.63, 3.8) is 0 Å². The van der Waals surface area contributed by atoms with Crippen molar-refractivity contribution >= 4 is 22.2 Å². The second-order valence-electron chi connectivity index (χ2n) is 6.19. The average Bonchev–Trinajstić information content (AvgIpc) is 3.20. The van der Waals surface area contributed by atoms with Crippen LogP contribution in [0.4, 0.5) is 5.00 Å². The summed E-state index contributed by atoms with van der Waals surface area (Å²) in [6, 6.07) is 11.6. The molecule has 0 unspecified atom stereocenters. The van der Waals surface area contributed by atoms with Crippen LogP contribution in [0.3, 0.4) is 0 Å². The summed E-state index contributed by atoms with van der Waals surface area (Å²) in [5, 5.41) is 4.05. The molecule has 0 aromatic carbocycles. The van der Waals surface area contributed by atoms with Crippen molar-refractivity contribution in [2.75, 3.05) is 31.2 Å². The fraction of sp³-hybridized carbons (Fsp3) is 0.250. The number of pyridine rings is 2. The van der Waals surface area contributed by atoms with E-state index in [0.29, 0.717) is 24.6 Å². The van der Waals surface area contributed by atoms with Gasteiger partial charge in [-0.1, -0.05) is 12.1 Å². The summed E-state index contributed by atoms with van der Waals surface area (Å²) in [7, 11) is 0. The normalized spacial score (nSPS) is 14.1. The Hall–Kier alpha value is -2.77. The monoisotopic (exact) mass is 380 g/mol. The topological polar surface area (TPSA) is 67.4 Å². The van der Waals surface area contributed by atoms with E-state index in [1.165, 1.54) is 11.3 Å². The van der Waals surface area contributed by atoms with Crippen LogP contribution in [0.15, 0.2) is 55.0 Å². The number of carbonyl (C=O) groups excluding carboxylic acids is 1. The van der Waals surface area contributed by atoms with Crippen LogP contribution in [-0.4, -0.2) is 42.2 Å². The molecular formula is C20H20N4O2S. The fourth-order valence-electron chi connectivity index (χ4n) is 2.97. The number of thiophene rings is 1. The van der Waals surface area contributed by atoms with Gasteiger partial charge in [-0.15, -0.1) is 11.3 Å². The summed E-state index contributed by atoms with van der Waals surface area (Å²) in [5.41, 5.74) is 2.84. The SMILES string of the molecule is O=C(NCc1cccnc1)c1cc(-c2ccccn2)c(N2CCOCC2)s1. The molecule has 1 aliphatic heterocycles. The van der Waals surface area contributed by atoms with Crippen molar-refractivity contribution in [2.45, 2.75) is 6.54 Å². The highest BCUT2D eigenvalue weighted by molar-refractivity contribution is 7.18. The number of amides is 1. The molecule has 0 radical (unpaired) electrons. The number of nitrogens with zero attached hydrogens (tertiary/aromatic N) is 3. The minimum absolute atomic E-state index is 0.0828. The van der Waals surface area contributed by atoms with Gasteiger partial charge in [0.1, 0.15) is 5.00 Å². The predicted molar refractivity (Wildman–Crippen MR) is 106 cm³/mol. The van der Waals surface area contributed by atoms with Gasteiger partial charge in [-0.2, -0.15) is 0 Å². The molecule has 0 spiro atoms. The van der Waals surface area contributed by atoms with Crippen LogP contribution in [0.25, 0.3) is 11.3 Å². The number of morpholine rings is 1. The van der Waals surface area contributed by atoms with Crippen molar-refractivity contribution in [1.82, 2.24) is 15.3 Å². The van der Waals surface area contributed by atoms with Crippen LogP contribution in [0.2, 0.25) is 0 Å². The lowest BCUT2D eigenvalue weighted by molar-refractivity contribution is 0.0955. The molecule has 6 nitrogen and oxygen atoms in total. The number of hydrogen-bond acceptors (Lipinski definition) is 6. The van der Waals surface area contributed by atoms with E-state index in [1.807, 2.05) is 36.4 Å². The van der Waals surface area contributed by atoms with Crippen LogP contribution < -0.4 is 10.2 Å². The van der Waals surface area contributed by atoms with Gasteiger partial charge < -0.3 is 15.0 Å². The highest BCUT2D eigenvalue weighted by Gasteiger charge is 2.22. The number of rotatable bonds is 5. The highest BCUT2D eigenvalue weighted by atomic mass is 32.1. The van der Waals surface area contributed by atoms with E-state index in [1.54, 1.807) is 18.6 Å². The lowest BCUT2D eigenvalue weighted by atomic mass is 10.2. The Morgan fingerprint density at radius 1 is 1.19 bits per heavy atom. The summed E-state index contributed by atoms with van der Waals surface area (Å²) >= 11 is 1.51. The summed E-state index contributed by atoms with van der Waals surface area (Å²) in [4.78, 5) is 24.2. The number of ether oxygens (including phenoxy) is 1. The Labute approximate surface area is 161 Å². The molecule has 7 heteroatoms. The van der Waals surface area contributed by atoms with Crippen LogP contribution in [0.1, 0.15) is 15.2 Å². The second kappa shape index (κ2) is 8.28. The molecule has 4 heterocycles. The summed E-state index contributed by atoms with van der Waals surface area (Å²) in [6.45, 7) is 3.48. The number of nitrogens with one attached hydrogen (secondary N) is 1. The first kappa shape index (κ1) is 17.6. The van der Waals surface area contributed by atoms with Gasteiger partial charge in [-0.05, 0) is 29.8 Å². The standard InChI is InChI=1S/C20H20N4O2S/c25-19(23-14-15-4-3-6-21-13-15)18-12-16(17-5-1-2-7-22-17)20(27-18)24-8-10-26-11-9-24/h1-7,12-13H,8-11,14H2,(H,23,25). The van der Waals surface area contributed by atoms with Crippen molar-refractivity contribution in [2.24, 2.45) is 0 Å². The Morgan fingerprint density at radius 3 is 2.81 bits per heavy atom. The largest absolute Gasteiger partial charge is 0.378 e. The average molecular weight is 380 g/mol. The minimum atomic E-state index is -0.0828. The van der Waals surface area contributed by atoms with E-state index >= 15 is 0 Å². The van der Waals surface area contributed by atoms with Crippen LogP contribution >= 0.6 is 11.3 Å². The van der Waals surface area contributed by atoms with Crippen molar-refractivity contribution in [3.8, 4) is 11.3 Å². The third kappa shape index (κ3) is 4.15. The second-order valence-corrected chi connectivity index (χ2v) is 7.22. The zero-order valence-electron chi connectivity index (χ0n) is 14.8. The molecule has 1 amide bonds. The van der Waals surface area contributed by atoms with E-state index in [9.17, 15) is 4.79 Å². The van der Waals surface area contributed by atoms with E-state index in [4.69, 9.17) is 4.74 Å². The lowest BCUT2D eigenvalue weighted by Gasteiger charge is -2.28. The van der Waals surface area contributed by atoms with Gasteiger partial charge in [0.05, 0.1) is 23.8 Å². The molecule has 27 heavy (non-hydrogen) atoms. The first-order valence-electron chi connectivity index (χ1n) is 8.86. The third-order valence-electron chi connectivity index (χ3n) is 4.35. The zero-order chi connectivity index (χ0) is 18.5. The summed E-state index contributed by atoms with van der Waals surface area (Å²) in [5.74, 6) is -0.0828. The molecule has 0 aliphatic carbocycles. The summed E-state index contributed by atoms with van der Waals surface area (Å²) in [6.07, 6.45) is 5.25. The van der Waals surface area contributed by atoms with Crippen LogP contribution in [0, 0.1) is 0 Å². The minimum Gasteiger partial charge on any atom is -0.378 e. The Kier molecular flexibility index (Phi) is 5.41. The van der Waals surface area contributed by atoms with Crippen molar-refractivity contribution < 1.29 is 9.53 Å². The van der Waals surface area contributed by atoms with Gasteiger partial charge in [0.15, 0.2) is 0 Å². The van der Waals surface area contributed by atoms with E-state index < -0.39 is 0 Å². The molecule has 1 aliphatic rings. The fourth-order valence-corrected chi connectivity index (χ4v) is 4.11. The maximum atomic E-state index is 12.7. The third-order valence-corrected chi connectivity index (χ3v) is 5.55. The van der Waals surface area contributed by atoms with Crippen LogP contribution in [-0.2, 0) is 11.3 Å². The number of carbonyl (C=O) groups is 1. The van der Waals surface area contributed by atoms with Crippen LogP contribution in [0.5, 0.6) is 0 Å². The molecule has 1 N–H and O–H groups in total. The van der Waals surface area contributed by atoms with Gasteiger partial charge in [0.25, 0.3) is 5.91 Å². The molecule has 4 rings (SSSR count). The molecule has 0 saturated carbocycles. The van der Waals surface area contributed by atoms with E-state index in [0.717, 1.165) is 34.9 Å². The first-order chi connectivity index (χ1) is 13.3. The van der Waals surface area contributed by atoms with E-state index in [2.05, 4.69) is 20.2 Å². The maximum absolute atomic E-state index is 12.7.